The lowest BCUT2D eigenvalue weighted by molar-refractivity contribution is -0.131. The molecule has 0 fully saturated rings. The maximum Gasteiger partial charge on any atom is 0.328 e. The van der Waals surface area contributed by atoms with Gasteiger partial charge in [-0.3, -0.25) is 0 Å². The number of carboxylic acids is 1. The number of carbonyl (C=O) groups is 1. The quantitative estimate of drug-likeness (QED) is 0.726. The molecule has 0 aromatic heterocycles. The zero-order chi connectivity index (χ0) is 11.8. The molecule has 72 valence electrons. The first-order chi connectivity index (χ1) is 7.49. The second-order valence-electron chi connectivity index (χ2n) is 3.26. The highest BCUT2D eigenvalue weighted by molar-refractivity contribution is 5.85. The molecule has 0 atom stereocenters. The highest BCUT2D eigenvalue weighted by Crippen LogP contribution is 2.23. The van der Waals surface area contributed by atoms with Crippen LogP contribution < -0.4 is 0 Å². The number of hydrogen-bond acceptors (Lipinski definition) is 1. The standard InChI is InChI=1S/C12H12O2/c13-12(14)7-5-9-4-6-10-2-1-3-11(10)8-9/h4-8H,1-3H2,(H,13,14)/b7-5+/i2D2. The van der Waals surface area contributed by atoms with Gasteiger partial charge in [0.05, 0.1) is 0 Å². The molecule has 1 aliphatic carbocycles. The van der Waals surface area contributed by atoms with E-state index >= 15 is 0 Å². The fraction of sp³-hybridized carbons (Fsp3) is 0.250. The predicted octanol–water partition coefficient (Wildman–Crippen LogP) is 2.27. The van der Waals surface area contributed by atoms with Crippen molar-refractivity contribution in [2.45, 2.75) is 19.2 Å². The van der Waals surface area contributed by atoms with Crippen molar-refractivity contribution in [1.29, 1.82) is 0 Å². The maximum absolute atomic E-state index is 10.4. The number of aliphatic carboxylic acids is 1. The van der Waals surface area contributed by atoms with Crippen LogP contribution in [-0.2, 0) is 17.6 Å². The Morgan fingerprint density at radius 3 is 3.14 bits per heavy atom. The Kier molecular flexibility index (Phi) is 1.78. The van der Waals surface area contributed by atoms with E-state index in [2.05, 4.69) is 0 Å². The summed E-state index contributed by atoms with van der Waals surface area (Å²) >= 11 is 0. The molecule has 0 bridgehead atoms. The van der Waals surface area contributed by atoms with Gasteiger partial charge in [-0.15, -0.1) is 0 Å². The number of fused-ring (bicyclic) bond motifs is 1. The maximum atomic E-state index is 10.4. The number of carboxylic acid groups (broad SMARTS) is 1. The molecule has 1 aliphatic rings. The van der Waals surface area contributed by atoms with Crippen molar-refractivity contribution in [2.75, 3.05) is 0 Å². The summed E-state index contributed by atoms with van der Waals surface area (Å²) < 4.78 is 15.5. The van der Waals surface area contributed by atoms with Crippen LogP contribution >= 0.6 is 0 Å². The van der Waals surface area contributed by atoms with Gasteiger partial charge in [0.15, 0.2) is 0 Å². The fourth-order valence-corrected chi connectivity index (χ4v) is 1.60. The Hall–Kier alpha value is -1.57. The van der Waals surface area contributed by atoms with Crippen LogP contribution in [-0.4, -0.2) is 11.1 Å². The van der Waals surface area contributed by atoms with Gasteiger partial charge in [-0.05, 0) is 42.0 Å². The molecule has 0 radical (unpaired) electrons. The Balaban J connectivity index is 2.32. The number of hydrogen-bond donors (Lipinski definition) is 1. The van der Waals surface area contributed by atoms with Crippen molar-refractivity contribution < 1.29 is 12.6 Å². The highest BCUT2D eigenvalue weighted by atomic mass is 16.4. The van der Waals surface area contributed by atoms with Crippen molar-refractivity contribution in [2.24, 2.45) is 0 Å². The van der Waals surface area contributed by atoms with Gasteiger partial charge in [0, 0.05) is 8.82 Å². The summed E-state index contributed by atoms with van der Waals surface area (Å²) in [6.07, 6.45) is 2.61. The minimum Gasteiger partial charge on any atom is -0.478 e. The molecule has 2 nitrogen and oxygen atoms in total. The third-order valence-electron chi connectivity index (χ3n) is 2.26. The predicted molar refractivity (Wildman–Crippen MR) is 55.1 cm³/mol. The summed E-state index contributed by atoms with van der Waals surface area (Å²) in [4.78, 5) is 10.4. The molecule has 0 aliphatic heterocycles. The molecule has 1 N–H and O–H groups in total. The summed E-state index contributed by atoms with van der Waals surface area (Å²) in [6, 6.07) is 5.37. The number of benzene rings is 1. The molecule has 1 aromatic rings. The summed E-state index contributed by atoms with van der Waals surface area (Å²) in [5.74, 6) is -0.976. The monoisotopic (exact) mass is 190 g/mol. The van der Waals surface area contributed by atoms with Crippen LogP contribution in [0.3, 0.4) is 0 Å². The summed E-state index contributed by atoms with van der Waals surface area (Å²) in [5, 5.41) is 8.50. The molecule has 1 aromatic carbocycles. The smallest absolute Gasteiger partial charge is 0.328 e. The molecule has 0 heterocycles. The molecular weight excluding hydrogens is 176 g/mol. The summed E-state index contributed by atoms with van der Waals surface area (Å²) in [7, 11) is 0. The molecule has 0 saturated carbocycles. The number of aryl methyl sites for hydroxylation is 2. The molecule has 0 unspecified atom stereocenters. The zero-order valence-electron chi connectivity index (χ0n) is 9.66. The highest BCUT2D eigenvalue weighted by Gasteiger charge is 2.09. The van der Waals surface area contributed by atoms with Gasteiger partial charge in [0.25, 0.3) is 0 Å². The van der Waals surface area contributed by atoms with E-state index < -0.39 is 12.3 Å². The molecule has 0 amide bonds. The topological polar surface area (TPSA) is 37.3 Å². The fourth-order valence-electron chi connectivity index (χ4n) is 1.60. The lowest BCUT2D eigenvalue weighted by Gasteiger charge is -1.99. The average molecular weight is 190 g/mol. The van der Waals surface area contributed by atoms with E-state index in [1.807, 2.05) is 6.07 Å². The lowest BCUT2D eigenvalue weighted by Crippen LogP contribution is -1.87. The molecule has 0 spiro atoms. The van der Waals surface area contributed by atoms with Crippen LogP contribution in [0.25, 0.3) is 6.08 Å². The normalized spacial score (nSPS) is 20.3. The van der Waals surface area contributed by atoms with E-state index in [0.717, 1.165) is 29.2 Å². The molecular formula is C12H12O2. The number of rotatable bonds is 2. The third-order valence-corrected chi connectivity index (χ3v) is 2.26. The van der Waals surface area contributed by atoms with Crippen molar-refractivity contribution in [1.82, 2.24) is 0 Å². The van der Waals surface area contributed by atoms with Crippen LogP contribution in [0, 0.1) is 0 Å². The van der Waals surface area contributed by atoms with Gasteiger partial charge in [-0.25, -0.2) is 4.79 Å². The first kappa shape index (κ1) is 6.82. The van der Waals surface area contributed by atoms with Crippen LogP contribution in [0.5, 0.6) is 0 Å². The Labute approximate surface area is 85.7 Å². The van der Waals surface area contributed by atoms with E-state index in [9.17, 15) is 4.79 Å². The van der Waals surface area contributed by atoms with E-state index in [0.29, 0.717) is 6.42 Å². The molecule has 0 saturated heterocycles. The largest absolute Gasteiger partial charge is 0.478 e. The molecule has 14 heavy (non-hydrogen) atoms. The van der Waals surface area contributed by atoms with Crippen molar-refractivity contribution in [3.8, 4) is 0 Å². The van der Waals surface area contributed by atoms with Crippen molar-refractivity contribution >= 4 is 12.0 Å². The second-order valence-corrected chi connectivity index (χ2v) is 3.26. The molecule has 2 rings (SSSR count). The molecule has 2 heteroatoms. The SMILES string of the molecule is [2H]C1([2H])CCc2cc(/C=C/C(=O)O)ccc21. The van der Waals surface area contributed by atoms with E-state index in [-0.39, 0.29) is 0 Å². The van der Waals surface area contributed by atoms with Gasteiger partial charge in [-0.1, -0.05) is 18.2 Å². The van der Waals surface area contributed by atoms with E-state index in [1.165, 1.54) is 6.08 Å². The van der Waals surface area contributed by atoms with Crippen LogP contribution in [0.15, 0.2) is 24.3 Å². The Bertz CT molecular complexity index is 464. The Morgan fingerprint density at radius 1 is 1.50 bits per heavy atom. The van der Waals surface area contributed by atoms with Crippen LogP contribution in [0.4, 0.5) is 0 Å². The minimum absolute atomic E-state index is 0.508. The van der Waals surface area contributed by atoms with Crippen LogP contribution in [0.2, 0.25) is 0 Å². The van der Waals surface area contributed by atoms with E-state index in [4.69, 9.17) is 7.85 Å². The van der Waals surface area contributed by atoms with Crippen molar-refractivity contribution in [3.05, 3.63) is 41.0 Å². The van der Waals surface area contributed by atoms with Crippen molar-refractivity contribution in [3.63, 3.8) is 0 Å². The van der Waals surface area contributed by atoms with Gasteiger partial charge >= 0.3 is 5.97 Å². The summed E-state index contributed by atoms with van der Waals surface area (Å²) in [5.41, 5.74) is 2.52. The Morgan fingerprint density at radius 2 is 2.36 bits per heavy atom. The average Bonchev–Trinajstić information content (AvgIpc) is 2.52. The van der Waals surface area contributed by atoms with Crippen LogP contribution in [0.1, 0.15) is 25.9 Å². The van der Waals surface area contributed by atoms with Gasteiger partial charge in [0.2, 0.25) is 0 Å². The third kappa shape index (κ3) is 1.84. The van der Waals surface area contributed by atoms with Gasteiger partial charge < -0.3 is 5.11 Å². The van der Waals surface area contributed by atoms with E-state index in [1.54, 1.807) is 12.1 Å². The van der Waals surface area contributed by atoms with Gasteiger partial charge in [-0.2, -0.15) is 0 Å². The summed E-state index contributed by atoms with van der Waals surface area (Å²) in [6.45, 7) is 0. The minimum atomic E-state index is -1.23. The lowest BCUT2D eigenvalue weighted by atomic mass is 10.1. The zero-order valence-corrected chi connectivity index (χ0v) is 7.66. The van der Waals surface area contributed by atoms with Gasteiger partial charge in [0.1, 0.15) is 0 Å². The second kappa shape index (κ2) is 3.66. The first-order valence-electron chi connectivity index (χ1n) is 5.53. The first-order valence-corrected chi connectivity index (χ1v) is 4.53.